The molecule has 1 rings (SSSR count). The van der Waals surface area contributed by atoms with Gasteiger partial charge in [-0.3, -0.25) is 9.69 Å². The lowest BCUT2D eigenvalue weighted by Gasteiger charge is -2.17. The SMILES string of the molecule is CCC(C)NC(=O)CN1CCC(CCN)C1. The summed E-state index contributed by atoms with van der Waals surface area (Å²) in [4.78, 5) is 13.9. The van der Waals surface area contributed by atoms with Gasteiger partial charge in [-0.15, -0.1) is 0 Å². The van der Waals surface area contributed by atoms with Crippen LogP contribution in [0.1, 0.15) is 33.1 Å². The van der Waals surface area contributed by atoms with Gasteiger partial charge < -0.3 is 11.1 Å². The molecule has 0 aromatic heterocycles. The highest BCUT2D eigenvalue weighted by molar-refractivity contribution is 5.78. The molecule has 3 N–H and O–H groups in total. The van der Waals surface area contributed by atoms with Crippen molar-refractivity contribution < 1.29 is 4.79 Å². The number of hydrogen-bond acceptors (Lipinski definition) is 3. The molecule has 0 bridgehead atoms. The zero-order valence-corrected chi connectivity index (χ0v) is 10.5. The van der Waals surface area contributed by atoms with E-state index in [4.69, 9.17) is 5.73 Å². The van der Waals surface area contributed by atoms with Crippen LogP contribution in [0.2, 0.25) is 0 Å². The predicted octanol–water partition coefficient (Wildman–Crippen LogP) is 0.572. The lowest BCUT2D eigenvalue weighted by molar-refractivity contribution is -0.122. The molecule has 2 unspecified atom stereocenters. The largest absolute Gasteiger partial charge is 0.353 e. The van der Waals surface area contributed by atoms with Crippen LogP contribution in [0.25, 0.3) is 0 Å². The average molecular weight is 227 g/mol. The Morgan fingerprint density at radius 3 is 3.00 bits per heavy atom. The normalized spacial score (nSPS) is 23.3. The summed E-state index contributed by atoms with van der Waals surface area (Å²) in [5.74, 6) is 0.851. The van der Waals surface area contributed by atoms with Gasteiger partial charge in [0.05, 0.1) is 6.54 Å². The standard InChI is InChI=1S/C12H25N3O/c1-3-10(2)14-12(16)9-15-7-5-11(8-15)4-6-13/h10-11H,3-9,13H2,1-2H3,(H,14,16). The van der Waals surface area contributed by atoms with Crippen LogP contribution in [0, 0.1) is 5.92 Å². The molecule has 4 heteroatoms. The Balaban J connectivity index is 2.20. The minimum atomic E-state index is 0.155. The molecule has 1 saturated heterocycles. The van der Waals surface area contributed by atoms with E-state index in [1.807, 2.05) is 6.92 Å². The van der Waals surface area contributed by atoms with Crippen LogP contribution in [-0.2, 0) is 4.79 Å². The Morgan fingerprint density at radius 1 is 1.62 bits per heavy atom. The van der Waals surface area contributed by atoms with Gasteiger partial charge in [-0.25, -0.2) is 0 Å². The second-order valence-electron chi connectivity index (χ2n) is 4.84. The molecule has 1 aliphatic heterocycles. The molecule has 94 valence electrons. The number of rotatable bonds is 6. The zero-order valence-electron chi connectivity index (χ0n) is 10.5. The van der Waals surface area contributed by atoms with Crippen LogP contribution in [0.5, 0.6) is 0 Å². The van der Waals surface area contributed by atoms with Crippen LogP contribution < -0.4 is 11.1 Å². The Labute approximate surface area is 98.6 Å². The quantitative estimate of drug-likeness (QED) is 0.697. The maximum absolute atomic E-state index is 11.7. The van der Waals surface area contributed by atoms with E-state index in [2.05, 4.69) is 17.1 Å². The molecule has 0 aromatic carbocycles. The molecule has 0 saturated carbocycles. The van der Waals surface area contributed by atoms with Gasteiger partial charge in [-0.05, 0) is 45.2 Å². The fraction of sp³-hybridized carbons (Fsp3) is 0.917. The maximum atomic E-state index is 11.7. The van der Waals surface area contributed by atoms with Crippen LogP contribution in [0.3, 0.4) is 0 Å². The van der Waals surface area contributed by atoms with E-state index in [1.165, 1.54) is 6.42 Å². The first-order valence-electron chi connectivity index (χ1n) is 6.37. The Bertz CT molecular complexity index is 220. The second kappa shape index (κ2) is 6.86. The number of amides is 1. The second-order valence-corrected chi connectivity index (χ2v) is 4.84. The molecule has 1 heterocycles. The van der Waals surface area contributed by atoms with Gasteiger partial charge in [0.15, 0.2) is 0 Å². The van der Waals surface area contributed by atoms with E-state index >= 15 is 0 Å². The van der Waals surface area contributed by atoms with E-state index in [0.717, 1.165) is 32.5 Å². The first kappa shape index (κ1) is 13.5. The summed E-state index contributed by atoms with van der Waals surface area (Å²) in [7, 11) is 0. The molecule has 0 radical (unpaired) electrons. The summed E-state index contributed by atoms with van der Waals surface area (Å²) in [5.41, 5.74) is 5.54. The maximum Gasteiger partial charge on any atom is 0.234 e. The Hall–Kier alpha value is -0.610. The zero-order chi connectivity index (χ0) is 12.0. The third-order valence-corrected chi connectivity index (χ3v) is 3.33. The van der Waals surface area contributed by atoms with Gasteiger partial charge in [0, 0.05) is 12.6 Å². The summed E-state index contributed by atoms with van der Waals surface area (Å²) in [6.07, 6.45) is 3.26. The van der Waals surface area contributed by atoms with Gasteiger partial charge in [0.1, 0.15) is 0 Å². The van der Waals surface area contributed by atoms with Crippen molar-refractivity contribution in [3.63, 3.8) is 0 Å². The van der Waals surface area contributed by atoms with Crippen molar-refractivity contribution >= 4 is 5.91 Å². The van der Waals surface area contributed by atoms with Gasteiger partial charge in [0.2, 0.25) is 5.91 Å². The van der Waals surface area contributed by atoms with E-state index in [-0.39, 0.29) is 11.9 Å². The van der Waals surface area contributed by atoms with Gasteiger partial charge >= 0.3 is 0 Å². The van der Waals surface area contributed by atoms with Crippen LogP contribution in [-0.4, -0.2) is 43.0 Å². The monoisotopic (exact) mass is 227 g/mol. The highest BCUT2D eigenvalue weighted by Gasteiger charge is 2.23. The van der Waals surface area contributed by atoms with E-state index in [0.29, 0.717) is 12.5 Å². The van der Waals surface area contributed by atoms with E-state index < -0.39 is 0 Å². The van der Waals surface area contributed by atoms with Crippen LogP contribution >= 0.6 is 0 Å². The number of carbonyl (C=O) groups excluding carboxylic acids is 1. The molecule has 0 spiro atoms. The van der Waals surface area contributed by atoms with E-state index in [9.17, 15) is 4.79 Å². The number of carbonyl (C=O) groups is 1. The fourth-order valence-corrected chi connectivity index (χ4v) is 2.15. The molecule has 0 aromatic rings. The van der Waals surface area contributed by atoms with Gasteiger partial charge in [-0.2, -0.15) is 0 Å². The molecule has 0 aliphatic carbocycles. The summed E-state index contributed by atoms with van der Waals surface area (Å²) in [6, 6.07) is 0.287. The number of nitrogens with zero attached hydrogens (tertiary/aromatic N) is 1. The van der Waals surface area contributed by atoms with Crippen molar-refractivity contribution in [2.24, 2.45) is 11.7 Å². The molecular weight excluding hydrogens is 202 g/mol. The number of nitrogens with one attached hydrogen (secondary N) is 1. The van der Waals surface area contributed by atoms with Gasteiger partial charge in [0.25, 0.3) is 0 Å². The summed E-state index contributed by atoms with van der Waals surface area (Å²) in [6.45, 7) is 7.50. The molecule has 4 nitrogen and oxygen atoms in total. The number of nitrogens with two attached hydrogens (primary N) is 1. The van der Waals surface area contributed by atoms with E-state index in [1.54, 1.807) is 0 Å². The van der Waals surface area contributed by atoms with Crippen LogP contribution in [0.4, 0.5) is 0 Å². The van der Waals surface area contributed by atoms with Crippen molar-refractivity contribution in [1.29, 1.82) is 0 Å². The molecule has 1 fully saturated rings. The number of likely N-dealkylation sites (tertiary alicyclic amines) is 1. The fourth-order valence-electron chi connectivity index (χ4n) is 2.15. The van der Waals surface area contributed by atoms with Crippen molar-refractivity contribution in [2.45, 2.75) is 39.2 Å². The smallest absolute Gasteiger partial charge is 0.234 e. The minimum absolute atomic E-state index is 0.155. The van der Waals surface area contributed by atoms with Crippen molar-refractivity contribution in [3.05, 3.63) is 0 Å². The first-order chi connectivity index (χ1) is 7.65. The summed E-state index contributed by atoms with van der Waals surface area (Å²) in [5, 5.41) is 3.00. The summed E-state index contributed by atoms with van der Waals surface area (Å²) >= 11 is 0. The lowest BCUT2D eigenvalue weighted by Crippen LogP contribution is -2.40. The minimum Gasteiger partial charge on any atom is -0.353 e. The third kappa shape index (κ3) is 4.49. The number of hydrogen-bond donors (Lipinski definition) is 2. The van der Waals surface area contributed by atoms with Gasteiger partial charge in [-0.1, -0.05) is 6.92 Å². The molecule has 1 amide bonds. The third-order valence-electron chi connectivity index (χ3n) is 3.33. The summed E-state index contributed by atoms with van der Waals surface area (Å²) < 4.78 is 0. The molecular formula is C12H25N3O. The van der Waals surface area contributed by atoms with Crippen LogP contribution in [0.15, 0.2) is 0 Å². The predicted molar refractivity (Wildman–Crippen MR) is 66.1 cm³/mol. The first-order valence-corrected chi connectivity index (χ1v) is 6.37. The highest BCUT2D eigenvalue weighted by atomic mass is 16.2. The average Bonchev–Trinajstić information content (AvgIpc) is 2.65. The topological polar surface area (TPSA) is 58.4 Å². The Morgan fingerprint density at radius 2 is 2.38 bits per heavy atom. The molecule has 16 heavy (non-hydrogen) atoms. The molecule has 2 atom stereocenters. The highest BCUT2D eigenvalue weighted by Crippen LogP contribution is 2.18. The molecule has 1 aliphatic rings. The Kier molecular flexibility index (Phi) is 5.77. The lowest BCUT2D eigenvalue weighted by atomic mass is 10.1. The van der Waals surface area contributed by atoms with Crippen molar-refractivity contribution in [3.8, 4) is 0 Å². The van der Waals surface area contributed by atoms with Crippen molar-refractivity contribution in [2.75, 3.05) is 26.2 Å². The van der Waals surface area contributed by atoms with Crippen molar-refractivity contribution in [1.82, 2.24) is 10.2 Å².